The van der Waals surface area contributed by atoms with Gasteiger partial charge in [0.1, 0.15) is 0 Å². The first kappa shape index (κ1) is 11.5. The summed E-state index contributed by atoms with van der Waals surface area (Å²) in [7, 11) is 0.238. The lowest BCUT2D eigenvalue weighted by molar-refractivity contribution is 0.735. The maximum absolute atomic E-state index is 2.44. The second-order valence-electron chi connectivity index (χ2n) is 5.61. The van der Waals surface area contributed by atoms with Crippen LogP contribution in [0.5, 0.6) is 0 Å². The summed E-state index contributed by atoms with van der Waals surface area (Å²) in [5, 5.41) is 0.568. The molecular weight excluding hydrogens is 175 g/mol. The molecule has 1 rings (SSSR count). The van der Waals surface area contributed by atoms with Crippen molar-refractivity contribution in [3.05, 3.63) is 0 Å². The Kier molecular flexibility index (Phi) is 3.81. The molecule has 0 amide bonds. The first-order valence-corrected chi connectivity index (χ1v) is 7.19. The summed E-state index contributed by atoms with van der Waals surface area (Å²) in [6.07, 6.45) is 6.01. The Morgan fingerprint density at radius 3 is 1.85 bits per heavy atom. The maximum atomic E-state index is 2.44. The Morgan fingerprint density at radius 2 is 1.54 bits per heavy atom. The van der Waals surface area contributed by atoms with Crippen LogP contribution in [-0.2, 0) is 0 Å². The summed E-state index contributed by atoms with van der Waals surface area (Å²) in [4.78, 5) is 0. The van der Waals surface area contributed by atoms with E-state index in [0.717, 1.165) is 11.3 Å². The molecule has 0 N–H and O–H groups in total. The molecule has 0 aromatic heterocycles. The lowest BCUT2D eigenvalue weighted by Crippen LogP contribution is -2.23. The van der Waals surface area contributed by atoms with Crippen molar-refractivity contribution in [2.45, 2.75) is 76.8 Å². The Balaban J connectivity index is 2.67. The number of hydrogen-bond acceptors (Lipinski definition) is 0. The van der Waals surface area contributed by atoms with Gasteiger partial charge in [0.2, 0.25) is 0 Å². The SMILES string of the molecule is CC(C)P(C1CCCC1)C(C)(C)C. The average Bonchev–Trinajstić information content (AvgIpc) is 2.34. The van der Waals surface area contributed by atoms with E-state index in [0.29, 0.717) is 5.16 Å². The van der Waals surface area contributed by atoms with Gasteiger partial charge < -0.3 is 0 Å². The third-order valence-electron chi connectivity index (χ3n) is 3.05. The molecule has 1 heteroatoms. The van der Waals surface area contributed by atoms with E-state index in [1.807, 2.05) is 0 Å². The molecule has 0 bridgehead atoms. The highest BCUT2D eigenvalue weighted by molar-refractivity contribution is 7.60. The van der Waals surface area contributed by atoms with Gasteiger partial charge in [0.15, 0.2) is 0 Å². The zero-order valence-corrected chi connectivity index (χ0v) is 10.8. The van der Waals surface area contributed by atoms with Crippen molar-refractivity contribution in [2.75, 3.05) is 0 Å². The molecule has 1 atom stereocenters. The first-order valence-electron chi connectivity index (χ1n) is 5.71. The summed E-state index contributed by atoms with van der Waals surface area (Å²) in [6.45, 7) is 12.2. The predicted molar refractivity (Wildman–Crippen MR) is 64.1 cm³/mol. The molecule has 1 aliphatic carbocycles. The van der Waals surface area contributed by atoms with Gasteiger partial charge in [-0.2, -0.15) is 0 Å². The van der Waals surface area contributed by atoms with Gasteiger partial charge in [0.25, 0.3) is 0 Å². The quantitative estimate of drug-likeness (QED) is 0.571. The van der Waals surface area contributed by atoms with Crippen molar-refractivity contribution in [1.82, 2.24) is 0 Å². The molecule has 1 saturated carbocycles. The standard InChI is InChI=1S/C12H25P/c1-10(2)13(12(3,4)5)11-8-6-7-9-11/h10-11H,6-9H2,1-5H3. The second kappa shape index (κ2) is 4.30. The van der Waals surface area contributed by atoms with E-state index < -0.39 is 0 Å². The minimum absolute atomic E-state index is 0.238. The maximum Gasteiger partial charge on any atom is -0.0175 e. The van der Waals surface area contributed by atoms with Crippen LogP contribution in [0.4, 0.5) is 0 Å². The van der Waals surface area contributed by atoms with Gasteiger partial charge in [0, 0.05) is 0 Å². The Hall–Kier alpha value is 0.430. The largest absolute Gasteiger partial charge is 0.0954 e. The minimum atomic E-state index is 0.238. The van der Waals surface area contributed by atoms with Crippen LogP contribution in [0.25, 0.3) is 0 Å². The van der Waals surface area contributed by atoms with Gasteiger partial charge in [-0.3, -0.25) is 0 Å². The molecule has 13 heavy (non-hydrogen) atoms. The molecule has 0 saturated heterocycles. The molecule has 0 aliphatic heterocycles. The summed E-state index contributed by atoms with van der Waals surface area (Å²) in [5.41, 5.74) is 1.99. The molecule has 0 radical (unpaired) electrons. The normalized spacial score (nSPS) is 22.6. The van der Waals surface area contributed by atoms with Crippen LogP contribution >= 0.6 is 7.92 Å². The summed E-state index contributed by atoms with van der Waals surface area (Å²) < 4.78 is 0. The van der Waals surface area contributed by atoms with E-state index in [4.69, 9.17) is 0 Å². The topological polar surface area (TPSA) is 0 Å². The van der Waals surface area contributed by atoms with Gasteiger partial charge in [-0.25, -0.2) is 0 Å². The molecule has 0 heterocycles. The molecule has 78 valence electrons. The fourth-order valence-electron chi connectivity index (χ4n) is 2.93. The molecule has 0 nitrogen and oxygen atoms in total. The Morgan fingerprint density at radius 1 is 1.08 bits per heavy atom. The van der Waals surface area contributed by atoms with Gasteiger partial charge in [-0.1, -0.05) is 55.4 Å². The Labute approximate surface area is 85.2 Å². The lowest BCUT2D eigenvalue weighted by Gasteiger charge is -2.39. The molecule has 1 unspecified atom stereocenters. The van der Waals surface area contributed by atoms with Crippen molar-refractivity contribution in [2.24, 2.45) is 0 Å². The van der Waals surface area contributed by atoms with E-state index in [2.05, 4.69) is 34.6 Å². The zero-order valence-electron chi connectivity index (χ0n) is 9.93. The molecule has 1 aliphatic rings. The van der Waals surface area contributed by atoms with Crippen LogP contribution in [0.2, 0.25) is 0 Å². The van der Waals surface area contributed by atoms with Crippen LogP contribution in [-0.4, -0.2) is 16.5 Å². The molecular formula is C12H25P. The van der Waals surface area contributed by atoms with Crippen molar-refractivity contribution < 1.29 is 0 Å². The highest BCUT2D eigenvalue weighted by atomic mass is 31.1. The monoisotopic (exact) mass is 200 g/mol. The van der Waals surface area contributed by atoms with Gasteiger partial charge >= 0.3 is 0 Å². The summed E-state index contributed by atoms with van der Waals surface area (Å²) >= 11 is 0. The van der Waals surface area contributed by atoms with E-state index >= 15 is 0 Å². The van der Waals surface area contributed by atoms with Crippen molar-refractivity contribution >= 4 is 7.92 Å². The van der Waals surface area contributed by atoms with E-state index in [1.54, 1.807) is 0 Å². The minimum Gasteiger partial charge on any atom is -0.0954 e. The van der Waals surface area contributed by atoms with Crippen LogP contribution in [0.1, 0.15) is 60.3 Å². The van der Waals surface area contributed by atoms with Crippen LogP contribution in [0, 0.1) is 0 Å². The highest BCUT2D eigenvalue weighted by Crippen LogP contribution is 2.60. The highest BCUT2D eigenvalue weighted by Gasteiger charge is 2.34. The van der Waals surface area contributed by atoms with Crippen LogP contribution in [0.3, 0.4) is 0 Å². The summed E-state index contributed by atoms with van der Waals surface area (Å²) in [6, 6.07) is 0. The van der Waals surface area contributed by atoms with Crippen molar-refractivity contribution in [3.8, 4) is 0 Å². The van der Waals surface area contributed by atoms with Crippen molar-refractivity contribution in [1.29, 1.82) is 0 Å². The van der Waals surface area contributed by atoms with Gasteiger partial charge in [0.05, 0.1) is 0 Å². The molecule has 0 spiro atoms. The van der Waals surface area contributed by atoms with Crippen LogP contribution in [0.15, 0.2) is 0 Å². The predicted octanol–water partition coefficient (Wildman–Crippen LogP) is 4.62. The third-order valence-corrected chi connectivity index (χ3v) is 7.01. The molecule has 0 aromatic rings. The van der Waals surface area contributed by atoms with E-state index in [-0.39, 0.29) is 7.92 Å². The number of hydrogen-bond donors (Lipinski definition) is 0. The number of rotatable bonds is 2. The zero-order chi connectivity index (χ0) is 10.1. The van der Waals surface area contributed by atoms with E-state index in [1.165, 1.54) is 25.7 Å². The average molecular weight is 200 g/mol. The summed E-state index contributed by atoms with van der Waals surface area (Å²) in [5.74, 6) is 0. The van der Waals surface area contributed by atoms with Gasteiger partial charge in [-0.15, -0.1) is 0 Å². The third kappa shape index (κ3) is 2.94. The van der Waals surface area contributed by atoms with Crippen LogP contribution < -0.4 is 0 Å². The second-order valence-corrected chi connectivity index (χ2v) is 9.53. The lowest BCUT2D eigenvalue weighted by atomic mass is 10.2. The van der Waals surface area contributed by atoms with Gasteiger partial charge in [-0.05, 0) is 29.3 Å². The molecule has 1 fully saturated rings. The first-order chi connectivity index (χ1) is 5.93. The smallest absolute Gasteiger partial charge is 0.0175 e. The molecule has 0 aromatic carbocycles. The fourth-order valence-corrected chi connectivity index (χ4v) is 7.34. The Bertz CT molecular complexity index is 149. The van der Waals surface area contributed by atoms with E-state index in [9.17, 15) is 0 Å². The van der Waals surface area contributed by atoms with Crippen molar-refractivity contribution in [3.63, 3.8) is 0 Å². The fraction of sp³-hybridized carbons (Fsp3) is 1.00.